The summed E-state index contributed by atoms with van der Waals surface area (Å²) in [6.07, 6.45) is 2.32. The number of anilines is 1. The lowest BCUT2D eigenvalue weighted by molar-refractivity contribution is 0.420. The monoisotopic (exact) mass is 276 g/mol. The number of hydrogen-bond donors (Lipinski definition) is 1. The van der Waals surface area contributed by atoms with E-state index in [-0.39, 0.29) is 15.6 Å². The molecule has 2 rings (SSSR count). The van der Waals surface area contributed by atoms with Crippen LogP contribution in [0.5, 0.6) is 0 Å². The Bertz CT molecular complexity index is 628. The van der Waals surface area contributed by atoms with Crippen LogP contribution in [0.1, 0.15) is 0 Å². The van der Waals surface area contributed by atoms with Crippen LogP contribution in [0.4, 0.5) is 10.1 Å². The van der Waals surface area contributed by atoms with E-state index in [1.165, 1.54) is 6.20 Å². The highest BCUT2D eigenvalue weighted by molar-refractivity contribution is 7.92. The third-order valence-corrected chi connectivity index (χ3v) is 3.55. The van der Waals surface area contributed by atoms with Crippen LogP contribution < -0.4 is 4.72 Å². The molecule has 8 heteroatoms. The summed E-state index contributed by atoms with van der Waals surface area (Å²) in [7, 11) is -3.82. The van der Waals surface area contributed by atoms with Crippen LogP contribution in [0.25, 0.3) is 0 Å². The molecule has 0 aliphatic carbocycles. The van der Waals surface area contributed by atoms with E-state index in [2.05, 4.69) is 14.4 Å². The van der Waals surface area contributed by atoms with E-state index in [4.69, 9.17) is 11.6 Å². The van der Waals surface area contributed by atoms with Crippen molar-refractivity contribution < 1.29 is 17.3 Å². The van der Waals surface area contributed by atoms with Crippen molar-refractivity contribution in [1.29, 1.82) is 0 Å². The standard InChI is InChI=1S/C9H6ClFN2O3S/c10-8-3-7(1-2-9(8)11)17(14,15)13-6-4-12-16-5-6/h1-5,13H. The first-order valence-electron chi connectivity index (χ1n) is 4.36. The van der Waals surface area contributed by atoms with Crippen molar-refractivity contribution in [1.82, 2.24) is 5.16 Å². The highest BCUT2D eigenvalue weighted by atomic mass is 35.5. The fourth-order valence-corrected chi connectivity index (χ4v) is 2.41. The molecule has 0 saturated heterocycles. The Morgan fingerprint density at radius 3 is 2.76 bits per heavy atom. The Morgan fingerprint density at radius 1 is 1.41 bits per heavy atom. The Morgan fingerprint density at radius 2 is 2.18 bits per heavy atom. The van der Waals surface area contributed by atoms with Crippen LogP contribution in [0.15, 0.2) is 40.1 Å². The summed E-state index contributed by atoms with van der Waals surface area (Å²) >= 11 is 5.50. The number of aromatic nitrogens is 1. The minimum atomic E-state index is -3.82. The van der Waals surface area contributed by atoms with Gasteiger partial charge in [0.05, 0.1) is 16.1 Å². The molecule has 0 bridgehead atoms. The van der Waals surface area contributed by atoms with Gasteiger partial charge in [0.15, 0.2) is 0 Å². The van der Waals surface area contributed by atoms with E-state index < -0.39 is 15.8 Å². The maximum atomic E-state index is 12.9. The molecule has 5 nitrogen and oxygen atoms in total. The van der Waals surface area contributed by atoms with Crippen molar-refractivity contribution in [3.63, 3.8) is 0 Å². The molecule has 0 atom stereocenters. The summed E-state index contributed by atoms with van der Waals surface area (Å²) in [5, 5.41) is 3.08. The minimum absolute atomic E-state index is 0.148. The van der Waals surface area contributed by atoms with E-state index in [1.807, 2.05) is 0 Å². The molecule has 1 N–H and O–H groups in total. The average molecular weight is 277 g/mol. The quantitative estimate of drug-likeness (QED) is 0.933. The second-order valence-electron chi connectivity index (χ2n) is 3.09. The van der Waals surface area contributed by atoms with Gasteiger partial charge in [0.2, 0.25) is 0 Å². The molecule has 0 radical (unpaired) electrons. The number of sulfonamides is 1. The molecule has 1 aromatic heterocycles. The number of nitrogens with zero attached hydrogens (tertiary/aromatic N) is 1. The number of benzene rings is 1. The Labute approximate surface area is 101 Å². The Balaban J connectivity index is 2.35. The summed E-state index contributed by atoms with van der Waals surface area (Å²) in [5.74, 6) is -0.685. The van der Waals surface area contributed by atoms with Gasteiger partial charge in [-0.1, -0.05) is 16.8 Å². The van der Waals surface area contributed by atoms with Crippen molar-refractivity contribution >= 4 is 27.3 Å². The van der Waals surface area contributed by atoms with Crippen molar-refractivity contribution in [3.05, 3.63) is 41.5 Å². The van der Waals surface area contributed by atoms with Gasteiger partial charge in [-0.15, -0.1) is 0 Å². The summed E-state index contributed by atoms with van der Waals surface area (Å²) in [6.45, 7) is 0. The lowest BCUT2D eigenvalue weighted by Gasteiger charge is -2.05. The SMILES string of the molecule is O=S(=O)(Nc1cnoc1)c1ccc(F)c(Cl)c1. The largest absolute Gasteiger partial charge is 0.362 e. The van der Waals surface area contributed by atoms with Gasteiger partial charge in [0.1, 0.15) is 17.8 Å². The smallest absolute Gasteiger partial charge is 0.262 e. The third kappa shape index (κ3) is 2.56. The molecule has 0 spiro atoms. The molecule has 0 saturated carbocycles. The van der Waals surface area contributed by atoms with E-state index >= 15 is 0 Å². The van der Waals surface area contributed by atoms with Gasteiger partial charge in [-0.2, -0.15) is 0 Å². The van der Waals surface area contributed by atoms with E-state index in [9.17, 15) is 12.8 Å². The fraction of sp³-hybridized carbons (Fsp3) is 0. The van der Waals surface area contributed by atoms with E-state index in [0.29, 0.717) is 0 Å². The van der Waals surface area contributed by atoms with Crippen LogP contribution in [-0.2, 0) is 10.0 Å². The Kier molecular flexibility index (Phi) is 3.03. The third-order valence-electron chi connectivity index (χ3n) is 1.89. The topological polar surface area (TPSA) is 72.2 Å². The lowest BCUT2D eigenvalue weighted by Crippen LogP contribution is -2.12. The first-order chi connectivity index (χ1) is 7.99. The normalized spacial score (nSPS) is 11.4. The van der Waals surface area contributed by atoms with Gasteiger partial charge < -0.3 is 4.52 Å². The Hall–Kier alpha value is -1.60. The molecule has 17 heavy (non-hydrogen) atoms. The van der Waals surface area contributed by atoms with Crippen LogP contribution in [0.2, 0.25) is 5.02 Å². The summed E-state index contributed by atoms with van der Waals surface area (Å²) in [4.78, 5) is -0.148. The zero-order valence-corrected chi connectivity index (χ0v) is 9.80. The molecular weight excluding hydrogens is 271 g/mol. The van der Waals surface area contributed by atoms with Gasteiger partial charge in [-0.3, -0.25) is 4.72 Å². The van der Waals surface area contributed by atoms with Crippen LogP contribution >= 0.6 is 11.6 Å². The van der Waals surface area contributed by atoms with Gasteiger partial charge >= 0.3 is 0 Å². The van der Waals surface area contributed by atoms with Crippen LogP contribution in [0, 0.1) is 5.82 Å². The van der Waals surface area contributed by atoms with E-state index in [0.717, 1.165) is 24.5 Å². The number of rotatable bonds is 3. The summed E-state index contributed by atoms with van der Waals surface area (Å²) in [6, 6.07) is 3.11. The molecule has 0 unspecified atom stereocenters. The predicted molar refractivity (Wildman–Crippen MR) is 58.7 cm³/mol. The zero-order valence-electron chi connectivity index (χ0n) is 8.22. The van der Waals surface area contributed by atoms with Crippen molar-refractivity contribution in [2.45, 2.75) is 4.90 Å². The molecule has 0 aliphatic rings. The van der Waals surface area contributed by atoms with Crippen molar-refractivity contribution in [2.24, 2.45) is 0 Å². The molecule has 2 aromatic rings. The van der Waals surface area contributed by atoms with E-state index in [1.54, 1.807) is 0 Å². The first-order valence-corrected chi connectivity index (χ1v) is 6.22. The highest BCUT2D eigenvalue weighted by Gasteiger charge is 2.16. The molecule has 1 aromatic carbocycles. The second kappa shape index (κ2) is 4.34. The minimum Gasteiger partial charge on any atom is -0.362 e. The second-order valence-corrected chi connectivity index (χ2v) is 5.18. The zero-order chi connectivity index (χ0) is 12.5. The fourth-order valence-electron chi connectivity index (χ4n) is 1.11. The van der Waals surface area contributed by atoms with Gasteiger partial charge in [0.25, 0.3) is 10.0 Å². The van der Waals surface area contributed by atoms with Gasteiger partial charge in [-0.05, 0) is 18.2 Å². The van der Waals surface area contributed by atoms with Crippen LogP contribution in [-0.4, -0.2) is 13.6 Å². The van der Waals surface area contributed by atoms with Gasteiger partial charge in [-0.25, -0.2) is 12.8 Å². The van der Waals surface area contributed by atoms with Crippen molar-refractivity contribution in [2.75, 3.05) is 4.72 Å². The molecular formula is C9H6ClFN2O3S. The lowest BCUT2D eigenvalue weighted by atomic mass is 10.3. The molecule has 0 aliphatic heterocycles. The molecule has 0 fully saturated rings. The number of hydrogen-bond acceptors (Lipinski definition) is 4. The number of nitrogens with one attached hydrogen (secondary N) is 1. The van der Waals surface area contributed by atoms with Crippen LogP contribution in [0.3, 0.4) is 0 Å². The maximum Gasteiger partial charge on any atom is 0.262 e. The predicted octanol–water partition coefficient (Wildman–Crippen LogP) is 2.27. The number of halogens is 2. The summed E-state index contributed by atoms with van der Waals surface area (Å²) in [5.41, 5.74) is 0.172. The highest BCUT2D eigenvalue weighted by Crippen LogP contribution is 2.21. The molecule has 1 heterocycles. The summed E-state index contributed by atoms with van der Waals surface area (Å²) < 4.78 is 43.2. The van der Waals surface area contributed by atoms with Crippen molar-refractivity contribution in [3.8, 4) is 0 Å². The molecule has 90 valence electrons. The maximum absolute atomic E-state index is 12.9. The average Bonchev–Trinajstić information content (AvgIpc) is 2.73. The molecule has 0 amide bonds. The first kappa shape index (κ1) is 11.9. The van der Waals surface area contributed by atoms with Gasteiger partial charge in [0, 0.05) is 0 Å².